The van der Waals surface area contributed by atoms with Gasteiger partial charge in [-0.25, -0.2) is 0 Å². The third-order valence-electron chi connectivity index (χ3n) is 6.20. The summed E-state index contributed by atoms with van der Waals surface area (Å²) in [5.41, 5.74) is 0.204. The number of halogens is 10. The van der Waals surface area contributed by atoms with Crippen LogP contribution in [-0.2, 0) is 16.0 Å². The molecule has 0 saturated heterocycles. The zero-order chi connectivity index (χ0) is 28.8. The predicted octanol–water partition coefficient (Wildman–Crippen LogP) is 8.34. The zero-order valence-corrected chi connectivity index (χ0v) is 22.7. The molecule has 0 aromatic heterocycles. The van der Waals surface area contributed by atoms with Crippen molar-refractivity contribution < 1.29 is 35.9 Å². The summed E-state index contributed by atoms with van der Waals surface area (Å²) >= 11 is 24.7. The number of nitrogens with one attached hydrogen (secondary N) is 2. The Kier molecular flexibility index (Phi) is 8.55. The van der Waals surface area contributed by atoms with Crippen LogP contribution in [-0.4, -0.2) is 33.9 Å². The third-order valence-corrected chi connectivity index (χ3v) is 7.58. The number of alkyl halides is 8. The van der Waals surface area contributed by atoms with E-state index in [9.17, 15) is 35.9 Å². The van der Waals surface area contributed by atoms with Crippen molar-refractivity contribution in [1.29, 1.82) is 0 Å². The molecule has 2 N–H and O–H groups in total. The molecule has 0 bridgehead atoms. The molecule has 1 fully saturated rings. The fourth-order valence-corrected chi connectivity index (χ4v) is 5.40. The Bertz CT molecular complexity index is 1240. The van der Waals surface area contributed by atoms with E-state index in [1.807, 2.05) is 0 Å². The predicted molar refractivity (Wildman–Crippen MR) is 135 cm³/mol. The van der Waals surface area contributed by atoms with Gasteiger partial charge in [-0.1, -0.05) is 43.1 Å². The zero-order valence-electron chi connectivity index (χ0n) is 19.6. The minimum atomic E-state index is -5.95. The van der Waals surface area contributed by atoms with Crippen LogP contribution >= 0.6 is 46.4 Å². The number of anilines is 2. The van der Waals surface area contributed by atoms with Crippen molar-refractivity contribution in [2.45, 2.75) is 54.7 Å². The van der Waals surface area contributed by atoms with Crippen molar-refractivity contribution >= 4 is 69.6 Å². The molecular weight excluding hydrogens is 604 g/mol. The maximum Gasteiger partial charge on any atom is 0.392 e. The van der Waals surface area contributed by atoms with Crippen molar-refractivity contribution in [3.8, 4) is 0 Å². The molecule has 2 aromatic rings. The fraction of sp³-hybridized carbons (Fsp3) is 0.417. The largest absolute Gasteiger partial charge is 0.392 e. The normalized spacial score (nSPS) is 19.2. The molecule has 2 atom stereocenters. The van der Waals surface area contributed by atoms with E-state index in [1.54, 1.807) is 5.32 Å². The monoisotopic (exact) mass is 622 g/mol. The number of amides is 2. The van der Waals surface area contributed by atoms with E-state index in [-0.39, 0.29) is 23.4 Å². The van der Waals surface area contributed by atoms with Crippen LogP contribution in [0.25, 0.3) is 0 Å². The van der Waals surface area contributed by atoms with E-state index in [1.165, 1.54) is 37.3 Å². The summed E-state index contributed by atoms with van der Waals surface area (Å²) in [5, 5.41) is 4.71. The molecule has 4 nitrogen and oxygen atoms in total. The lowest BCUT2D eigenvalue weighted by Crippen LogP contribution is -2.59. The van der Waals surface area contributed by atoms with E-state index < -0.39 is 52.2 Å². The lowest BCUT2D eigenvalue weighted by molar-refractivity contribution is -0.296. The van der Waals surface area contributed by atoms with E-state index in [4.69, 9.17) is 46.4 Å². The molecule has 0 heterocycles. The molecule has 14 heteroatoms. The van der Waals surface area contributed by atoms with E-state index >= 15 is 0 Å². The number of rotatable bonds is 9. The Balaban J connectivity index is 1.85. The van der Waals surface area contributed by atoms with Gasteiger partial charge in [0.1, 0.15) is 4.33 Å². The molecule has 0 radical (unpaired) electrons. The summed E-state index contributed by atoms with van der Waals surface area (Å²) in [7, 11) is 0. The first-order valence-corrected chi connectivity index (χ1v) is 12.6. The van der Waals surface area contributed by atoms with Gasteiger partial charge < -0.3 is 10.6 Å². The Morgan fingerprint density at radius 1 is 0.921 bits per heavy atom. The summed E-state index contributed by atoms with van der Waals surface area (Å²) in [4.78, 5) is 25.1. The Morgan fingerprint density at radius 2 is 1.45 bits per heavy atom. The summed E-state index contributed by atoms with van der Waals surface area (Å²) in [6.45, 7) is 2.12. The summed E-state index contributed by atoms with van der Waals surface area (Å²) in [5.74, 6) is -21.8. The summed E-state index contributed by atoms with van der Waals surface area (Å²) < 4.78 is 81.7. The van der Waals surface area contributed by atoms with Gasteiger partial charge in [-0.05, 0) is 47.9 Å². The molecule has 38 heavy (non-hydrogen) atoms. The van der Waals surface area contributed by atoms with Gasteiger partial charge in [-0.15, -0.1) is 23.2 Å². The van der Waals surface area contributed by atoms with Gasteiger partial charge in [0.25, 0.3) is 0 Å². The van der Waals surface area contributed by atoms with Crippen molar-refractivity contribution in [2.24, 2.45) is 5.92 Å². The van der Waals surface area contributed by atoms with Crippen LogP contribution in [0.5, 0.6) is 0 Å². The quantitative estimate of drug-likeness (QED) is 0.218. The minimum absolute atomic E-state index is 0.0179. The number of benzene rings is 2. The molecule has 1 aliphatic rings. The second kappa shape index (κ2) is 10.6. The number of carbonyl (C=O) groups excluding carboxylic acids is 2. The van der Waals surface area contributed by atoms with Crippen LogP contribution in [0.4, 0.5) is 37.7 Å². The molecular formula is C24H20Cl4F6N2O2. The highest BCUT2D eigenvalue weighted by Gasteiger charge is 2.74. The highest BCUT2D eigenvalue weighted by Crippen LogP contribution is 2.65. The van der Waals surface area contributed by atoms with Gasteiger partial charge in [0.2, 0.25) is 5.91 Å². The second-order valence-electron chi connectivity index (χ2n) is 8.67. The standard InChI is InChI=1S/C24H20Cl4F6N2O2/c1-3-14-15(35-19(37)18-17(22(18,27)28)11-8-12(25)10-13(26)9-11)6-5-7-16(14)36-20(38)23(31,32)24(33,34)21(29,30)4-2/h5-10,17-18H,3-4H2,1-2H3,(H,35,37)(H,36,38)/t17-,18+/m0/s1. The molecule has 1 saturated carbocycles. The number of carbonyl (C=O) groups is 2. The molecule has 1 aliphatic carbocycles. The SMILES string of the molecule is CCc1c(NC(=O)[C@H]2[C@H](c3cc(Cl)cc(Cl)c3)C2(Cl)Cl)cccc1NC(=O)C(F)(F)C(F)(F)C(F)(F)CC. The van der Waals surface area contributed by atoms with Gasteiger partial charge in [0, 0.05) is 33.8 Å². The van der Waals surface area contributed by atoms with Crippen LogP contribution in [0.3, 0.4) is 0 Å². The van der Waals surface area contributed by atoms with Crippen LogP contribution in [0.1, 0.15) is 37.3 Å². The average molecular weight is 624 g/mol. The van der Waals surface area contributed by atoms with Gasteiger partial charge in [-0.2, -0.15) is 26.3 Å². The molecule has 2 aromatic carbocycles. The van der Waals surface area contributed by atoms with Crippen LogP contribution in [0.2, 0.25) is 10.0 Å². The van der Waals surface area contributed by atoms with Crippen molar-refractivity contribution in [3.05, 3.63) is 57.6 Å². The van der Waals surface area contributed by atoms with Gasteiger partial charge in [-0.3, -0.25) is 9.59 Å². The average Bonchev–Trinajstić information content (AvgIpc) is 3.40. The van der Waals surface area contributed by atoms with E-state index in [0.717, 1.165) is 6.07 Å². The first-order chi connectivity index (χ1) is 17.4. The Morgan fingerprint density at radius 3 is 1.95 bits per heavy atom. The van der Waals surface area contributed by atoms with Gasteiger partial charge in [0.05, 0.1) is 5.92 Å². The highest BCUT2D eigenvalue weighted by atomic mass is 35.5. The first kappa shape index (κ1) is 30.7. The fourth-order valence-electron chi connectivity index (χ4n) is 4.03. The van der Waals surface area contributed by atoms with Crippen molar-refractivity contribution in [1.82, 2.24) is 0 Å². The molecule has 2 amide bonds. The lowest BCUT2D eigenvalue weighted by atomic mass is 10.0. The molecule has 0 spiro atoms. The van der Waals surface area contributed by atoms with E-state index in [2.05, 4.69) is 5.32 Å². The first-order valence-electron chi connectivity index (χ1n) is 11.1. The number of hydrogen-bond donors (Lipinski definition) is 2. The maximum absolute atomic E-state index is 14.2. The highest BCUT2D eigenvalue weighted by molar-refractivity contribution is 6.53. The molecule has 208 valence electrons. The molecule has 0 aliphatic heterocycles. The Labute approximate surface area is 233 Å². The van der Waals surface area contributed by atoms with Crippen LogP contribution < -0.4 is 10.6 Å². The van der Waals surface area contributed by atoms with Crippen LogP contribution in [0.15, 0.2) is 36.4 Å². The van der Waals surface area contributed by atoms with Gasteiger partial charge in [0.15, 0.2) is 0 Å². The van der Waals surface area contributed by atoms with E-state index in [0.29, 0.717) is 22.5 Å². The topological polar surface area (TPSA) is 58.2 Å². The van der Waals surface area contributed by atoms with Crippen molar-refractivity contribution in [3.63, 3.8) is 0 Å². The van der Waals surface area contributed by atoms with Crippen LogP contribution in [0, 0.1) is 5.92 Å². The maximum atomic E-state index is 14.2. The minimum Gasteiger partial charge on any atom is -0.325 e. The smallest absolute Gasteiger partial charge is 0.325 e. The summed E-state index contributed by atoms with van der Waals surface area (Å²) in [6.07, 6.45) is -1.60. The second-order valence-corrected chi connectivity index (χ2v) is 11.0. The molecule has 3 rings (SSSR count). The number of hydrogen-bond acceptors (Lipinski definition) is 2. The Hall–Kier alpha value is -1.88. The molecule has 0 unspecified atom stereocenters. The third kappa shape index (κ3) is 5.42. The lowest BCUT2D eigenvalue weighted by Gasteiger charge is -2.31. The summed E-state index contributed by atoms with van der Waals surface area (Å²) in [6, 6.07) is 8.25. The van der Waals surface area contributed by atoms with Crippen molar-refractivity contribution in [2.75, 3.05) is 10.6 Å². The van der Waals surface area contributed by atoms with Gasteiger partial charge >= 0.3 is 23.7 Å².